The zero-order chi connectivity index (χ0) is 22.0. The van der Waals surface area contributed by atoms with E-state index in [1.807, 2.05) is 0 Å². The maximum atomic E-state index is 3.50. The molecule has 0 aromatic heterocycles. The van der Waals surface area contributed by atoms with Crippen LogP contribution in [0.1, 0.15) is 141 Å². The van der Waals surface area contributed by atoms with Crippen LogP contribution in [-0.4, -0.2) is 6.67 Å². The van der Waals surface area contributed by atoms with E-state index in [2.05, 4.69) is 36.6 Å². The standard InChI is InChI=1S/C29H52N2/c1-3-5-7-9-11-13-15-17-19-21-26-23-28-29(31-25-30-28)24-27(26)22-20-18-16-14-12-10-8-6-4-2/h23-24,30-31H,3-22,25H2,1-2H3. The molecule has 0 spiro atoms. The molecule has 0 aliphatic carbocycles. The molecule has 0 saturated carbocycles. The number of benzene rings is 1. The summed E-state index contributed by atoms with van der Waals surface area (Å²) < 4.78 is 0. The van der Waals surface area contributed by atoms with Crippen LogP contribution < -0.4 is 10.6 Å². The second-order valence-corrected chi connectivity index (χ2v) is 9.85. The van der Waals surface area contributed by atoms with Gasteiger partial charge in [0.05, 0.1) is 18.0 Å². The smallest absolute Gasteiger partial charge is 0.0850 e. The summed E-state index contributed by atoms with van der Waals surface area (Å²) in [6, 6.07) is 4.90. The van der Waals surface area contributed by atoms with Crippen LogP contribution in [0.4, 0.5) is 11.4 Å². The van der Waals surface area contributed by atoms with Gasteiger partial charge >= 0.3 is 0 Å². The molecule has 2 nitrogen and oxygen atoms in total. The third-order valence-electron chi connectivity index (χ3n) is 7.00. The van der Waals surface area contributed by atoms with E-state index in [9.17, 15) is 0 Å². The van der Waals surface area contributed by atoms with Gasteiger partial charge in [-0.2, -0.15) is 0 Å². The molecule has 178 valence electrons. The summed E-state index contributed by atoms with van der Waals surface area (Å²) in [7, 11) is 0. The molecule has 0 atom stereocenters. The maximum absolute atomic E-state index is 3.50. The molecule has 0 bridgehead atoms. The first-order valence-corrected chi connectivity index (χ1v) is 14.0. The Morgan fingerprint density at radius 3 is 1.16 bits per heavy atom. The van der Waals surface area contributed by atoms with E-state index in [1.54, 1.807) is 11.1 Å². The number of unbranched alkanes of at least 4 members (excludes halogenated alkanes) is 16. The molecule has 1 aliphatic rings. The van der Waals surface area contributed by atoms with Crippen LogP contribution in [0.25, 0.3) is 0 Å². The SMILES string of the molecule is CCCCCCCCCCCc1cc2c(cc1CCCCCCCCCCC)NCN2. The zero-order valence-corrected chi connectivity index (χ0v) is 21.0. The van der Waals surface area contributed by atoms with Crippen molar-refractivity contribution in [1.82, 2.24) is 0 Å². The highest BCUT2D eigenvalue weighted by molar-refractivity contribution is 5.75. The lowest BCUT2D eigenvalue weighted by molar-refractivity contribution is 0.561. The fraction of sp³-hybridized carbons (Fsp3) is 0.793. The van der Waals surface area contributed by atoms with Crippen LogP contribution >= 0.6 is 0 Å². The summed E-state index contributed by atoms with van der Waals surface area (Å²) in [4.78, 5) is 0. The number of aryl methyl sites for hydroxylation is 2. The molecule has 31 heavy (non-hydrogen) atoms. The highest BCUT2D eigenvalue weighted by atomic mass is 15.1. The van der Waals surface area contributed by atoms with Crippen LogP contribution in [0.2, 0.25) is 0 Å². The minimum Gasteiger partial charge on any atom is -0.366 e. The number of anilines is 2. The predicted octanol–water partition coefficient (Wildman–Crippen LogP) is 9.63. The molecule has 1 aliphatic heterocycles. The second-order valence-electron chi connectivity index (χ2n) is 9.85. The van der Waals surface area contributed by atoms with Crippen molar-refractivity contribution in [2.24, 2.45) is 0 Å². The Kier molecular flexibility index (Phi) is 14.6. The molecular formula is C29H52N2. The topological polar surface area (TPSA) is 24.1 Å². The van der Waals surface area contributed by atoms with Gasteiger partial charge in [0.15, 0.2) is 0 Å². The van der Waals surface area contributed by atoms with Crippen molar-refractivity contribution >= 4 is 11.4 Å². The molecule has 0 fully saturated rings. The molecule has 0 saturated heterocycles. The van der Waals surface area contributed by atoms with Gasteiger partial charge in [-0.25, -0.2) is 0 Å². The molecule has 0 amide bonds. The van der Waals surface area contributed by atoms with Gasteiger partial charge in [0.1, 0.15) is 0 Å². The lowest BCUT2D eigenvalue weighted by atomic mass is 9.95. The summed E-state index contributed by atoms with van der Waals surface area (Å²) in [6.45, 7) is 5.48. The number of hydrogen-bond acceptors (Lipinski definition) is 2. The summed E-state index contributed by atoms with van der Waals surface area (Å²) in [5.74, 6) is 0. The summed E-state index contributed by atoms with van der Waals surface area (Å²) >= 11 is 0. The molecule has 0 unspecified atom stereocenters. The fourth-order valence-corrected chi connectivity index (χ4v) is 4.93. The Bertz CT molecular complexity index is 517. The third kappa shape index (κ3) is 11.3. The highest BCUT2D eigenvalue weighted by Crippen LogP contribution is 2.31. The molecule has 2 heteroatoms. The highest BCUT2D eigenvalue weighted by Gasteiger charge is 2.13. The van der Waals surface area contributed by atoms with Gasteiger partial charge in [0.25, 0.3) is 0 Å². The van der Waals surface area contributed by atoms with Gasteiger partial charge in [0.2, 0.25) is 0 Å². The van der Waals surface area contributed by atoms with Crippen molar-refractivity contribution in [2.45, 2.75) is 142 Å². The summed E-state index contributed by atoms with van der Waals surface area (Å²) in [6.07, 6.45) is 27.9. The number of hydrogen-bond donors (Lipinski definition) is 2. The van der Waals surface area contributed by atoms with Gasteiger partial charge < -0.3 is 10.6 Å². The average Bonchev–Trinajstić information content (AvgIpc) is 3.24. The molecule has 2 N–H and O–H groups in total. The molecule has 1 aromatic carbocycles. The van der Waals surface area contributed by atoms with Crippen LogP contribution in [0.15, 0.2) is 12.1 Å². The normalized spacial score (nSPS) is 12.6. The van der Waals surface area contributed by atoms with Crippen molar-refractivity contribution < 1.29 is 0 Å². The molecular weight excluding hydrogens is 376 g/mol. The van der Waals surface area contributed by atoms with Crippen LogP contribution in [0, 0.1) is 0 Å². The third-order valence-corrected chi connectivity index (χ3v) is 7.00. The van der Waals surface area contributed by atoms with Crippen molar-refractivity contribution in [3.05, 3.63) is 23.3 Å². The minimum atomic E-state index is 0.883. The first-order chi connectivity index (χ1) is 15.3. The Morgan fingerprint density at radius 2 is 0.806 bits per heavy atom. The van der Waals surface area contributed by atoms with Crippen molar-refractivity contribution in [2.75, 3.05) is 17.3 Å². The van der Waals surface area contributed by atoms with Gasteiger partial charge in [0, 0.05) is 0 Å². The molecule has 1 heterocycles. The first kappa shape index (κ1) is 26.1. The van der Waals surface area contributed by atoms with Crippen LogP contribution in [-0.2, 0) is 12.8 Å². The Balaban J connectivity index is 1.65. The van der Waals surface area contributed by atoms with E-state index in [-0.39, 0.29) is 0 Å². The van der Waals surface area contributed by atoms with E-state index in [1.165, 1.54) is 140 Å². The summed E-state index contributed by atoms with van der Waals surface area (Å²) in [5, 5.41) is 6.99. The summed E-state index contributed by atoms with van der Waals surface area (Å²) in [5.41, 5.74) is 5.86. The maximum Gasteiger partial charge on any atom is 0.0850 e. The lowest BCUT2D eigenvalue weighted by Gasteiger charge is -2.13. The van der Waals surface area contributed by atoms with Crippen molar-refractivity contribution in [3.8, 4) is 0 Å². The van der Waals surface area contributed by atoms with Gasteiger partial charge in [-0.05, 0) is 48.9 Å². The Hall–Kier alpha value is -1.18. The average molecular weight is 429 g/mol. The monoisotopic (exact) mass is 428 g/mol. The van der Waals surface area contributed by atoms with Gasteiger partial charge in [-0.15, -0.1) is 0 Å². The predicted molar refractivity (Wildman–Crippen MR) is 140 cm³/mol. The van der Waals surface area contributed by atoms with Crippen molar-refractivity contribution in [1.29, 1.82) is 0 Å². The second kappa shape index (κ2) is 17.4. The van der Waals surface area contributed by atoms with E-state index in [0.29, 0.717) is 0 Å². The Labute approximate surface area is 194 Å². The number of rotatable bonds is 20. The first-order valence-electron chi connectivity index (χ1n) is 14.0. The van der Waals surface area contributed by atoms with Gasteiger partial charge in [-0.3, -0.25) is 0 Å². The number of fused-ring (bicyclic) bond motifs is 1. The number of nitrogens with one attached hydrogen (secondary N) is 2. The largest absolute Gasteiger partial charge is 0.366 e. The quantitative estimate of drug-likeness (QED) is 0.202. The van der Waals surface area contributed by atoms with E-state index in [0.717, 1.165) is 6.67 Å². The van der Waals surface area contributed by atoms with E-state index >= 15 is 0 Å². The van der Waals surface area contributed by atoms with Crippen LogP contribution in [0.5, 0.6) is 0 Å². The van der Waals surface area contributed by atoms with Gasteiger partial charge in [-0.1, -0.05) is 117 Å². The van der Waals surface area contributed by atoms with E-state index in [4.69, 9.17) is 0 Å². The lowest BCUT2D eigenvalue weighted by Crippen LogP contribution is -1.99. The fourth-order valence-electron chi connectivity index (χ4n) is 4.93. The molecule has 1 aromatic rings. The minimum absolute atomic E-state index is 0.883. The Morgan fingerprint density at radius 1 is 0.484 bits per heavy atom. The molecule has 2 rings (SSSR count). The van der Waals surface area contributed by atoms with E-state index < -0.39 is 0 Å². The van der Waals surface area contributed by atoms with Crippen molar-refractivity contribution in [3.63, 3.8) is 0 Å². The molecule has 0 radical (unpaired) electrons. The zero-order valence-electron chi connectivity index (χ0n) is 21.0. The van der Waals surface area contributed by atoms with Crippen LogP contribution in [0.3, 0.4) is 0 Å².